The fourth-order valence-electron chi connectivity index (χ4n) is 3.64. The second kappa shape index (κ2) is 10.5. The van der Waals surface area contributed by atoms with Crippen molar-refractivity contribution in [1.82, 2.24) is 30.0 Å². The van der Waals surface area contributed by atoms with Crippen LogP contribution in [0.3, 0.4) is 0 Å². The van der Waals surface area contributed by atoms with Crippen LogP contribution in [-0.4, -0.2) is 62.7 Å². The van der Waals surface area contributed by atoms with E-state index in [1.165, 1.54) is 6.20 Å². The molecule has 0 fully saturated rings. The molecule has 0 saturated heterocycles. The Hall–Kier alpha value is -3.75. The molecule has 0 unspecified atom stereocenters. The van der Waals surface area contributed by atoms with Crippen molar-refractivity contribution in [3.63, 3.8) is 0 Å². The molecule has 0 aliphatic carbocycles. The first-order valence-electron chi connectivity index (χ1n) is 10.8. The van der Waals surface area contributed by atoms with E-state index in [0.29, 0.717) is 57.6 Å². The lowest BCUT2D eigenvalue weighted by Gasteiger charge is -2.20. The number of hydrogen-bond donors (Lipinski definition) is 1. The quantitative estimate of drug-likeness (QED) is 0.577. The number of benzene rings is 1. The molecule has 0 spiro atoms. The standard InChI is InChI=1S/C23H26N6O3/c30-22(10-16-32-19-6-2-1-3-7-19)28-13-9-21-27-26-20(29(21)15-14-28)8-12-25-23(31)18-5-4-11-24-17-18/h1-7,11,17H,8-10,12-16H2,(H,25,31). The summed E-state index contributed by atoms with van der Waals surface area (Å²) in [6.45, 7) is 2.66. The maximum Gasteiger partial charge on any atom is 0.252 e. The monoisotopic (exact) mass is 434 g/mol. The van der Waals surface area contributed by atoms with Crippen LogP contribution in [-0.2, 0) is 24.2 Å². The van der Waals surface area contributed by atoms with E-state index in [1.807, 2.05) is 35.2 Å². The van der Waals surface area contributed by atoms with E-state index in [-0.39, 0.29) is 11.8 Å². The van der Waals surface area contributed by atoms with E-state index in [9.17, 15) is 9.59 Å². The average Bonchev–Trinajstić information content (AvgIpc) is 3.08. The maximum absolute atomic E-state index is 12.6. The number of para-hydroxylation sites is 1. The molecule has 1 aliphatic rings. The molecule has 1 aliphatic heterocycles. The van der Waals surface area contributed by atoms with Crippen molar-refractivity contribution < 1.29 is 14.3 Å². The summed E-state index contributed by atoms with van der Waals surface area (Å²) in [6, 6.07) is 12.9. The lowest BCUT2D eigenvalue weighted by Crippen LogP contribution is -2.34. The van der Waals surface area contributed by atoms with Crippen LogP contribution in [0.1, 0.15) is 28.4 Å². The number of aromatic nitrogens is 4. The Morgan fingerprint density at radius 1 is 1.03 bits per heavy atom. The maximum atomic E-state index is 12.6. The van der Waals surface area contributed by atoms with Crippen LogP contribution in [0.25, 0.3) is 0 Å². The van der Waals surface area contributed by atoms with Crippen molar-refractivity contribution >= 4 is 11.8 Å². The SMILES string of the molecule is O=C(NCCc1nnc2n1CCN(C(=O)CCOc1ccccc1)CC2)c1cccnc1. The molecular formula is C23H26N6O3. The van der Waals surface area contributed by atoms with Gasteiger partial charge in [0.2, 0.25) is 5.91 Å². The Balaban J connectivity index is 1.24. The number of rotatable bonds is 8. The summed E-state index contributed by atoms with van der Waals surface area (Å²) in [6.07, 6.45) is 4.72. The lowest BCUT2D eigenvalue weighted by molar-refractivity contribution is -0.131. The van der Waals surface area contributed by atoms with Crippen molar-refractivity contribution in [3.05, 3.63) is 72.1 Å². The minimum absolute atomic E-state index is 0.0740. The van der Waals surface area contributed by atoms with E-state index in [0.717, 1.165) is 17.4 Å². The van der Waals surface area contributed by atoms with Crippen molar-refractivity contribution in [2.75, 3.05) is 26.2 Å². The molecule has 3 aromatic rings. The first kappa shape index (κ1) is 21.5. The Morgan fingerprint density at radius 3 is 2.72 bits per heavy atom. The van der Waals surface area contributed by atoms with E-state index in [2.05, 4.69) is 25.1 Å². The summed E-state index contributed by atoms with van der Waals surface area (Å²) in [7, 11) is 0. The molecule has 2 aromatic heterocycles. The molecule has 9 heteroatoms. The number of hydrogen-bond acceptors (Lipinski definition) is 6. The summed E-state index contributed by atoms with van der Waals surface area (Å²) in [5.41, 5.74) is 0.526. The van der Waals surface area contributed by atoms with Gasteiger partial charge in [-0.3, -0.25) is 14.6 Å². The molecule has 1 N–H and O–H groups in total. The third-order valence-corrected chi connectivity index (χ3v) is 5.34. The summed E-state index contributed by atoms with van der Waals surface area (Å²) in [4.78, 5) is 30.6. The second-order valence-corrected chi connectivity index (χ2v) is 7.47. The fourth-order valence-corrected chi connectivity index (χ4v) is 3.64. The molecule has 1 aromatic carbocycles. The van der Waals surface area contributed by atoms with E-state index >= 15 is 0 Å². The van der Waals surface area contributed by atoms with Crippen LogP contribution in [0.4, 0.5) is 0 Å². The number of ether oxygens (including phenoxy) is 1. The molecule has 4 rings (SSSR count). The Kier molecular flexibility index (Phi) is 7.06. The average molecular weight is 435 g/mol. The number of carbonyl (C=O) groups is 2. The van der Waals surface area contributed by atoms with Gasteiger partial charge in [-0.2, -0.15) is 0 Å². The lowest BCUT2D eigenvalue weighted by atomic mass is 10.2. The van der Waals surface area contributed by atoms with Crippen molar-refractivity contribution in [2.24, 2.45) is 0 Å². The molecule has 166 valence electrons. The fraction of sp³-hybridized carbons (Fsp3) is 0.348. The highest BCUT2D eigenvalue weighted by atomic mass is 16.5. The molecule has 32 heavy (non-hydrogen) atoms. The zero-order chi connectivity index (χ0) is 22.2. The summed E-state index contributed by atoms with van der Waals surface area (Å²) in [5, 5.41) is 11.5. The van der Waals surface area contributed by atoms with Crippen LogP contribution in [0.2, 0.25) is 0 Å². The first-order chi connectivity index (χ1) is 15.7. The largest absolute Gasteiger partial charge is 0.493 e. The van der Waals surface area contributed by atoms with Crippen molar-refractivity contribution in [3.8, 4) is 5.75 Å². The molecule has 0 saturated carbocycles. The molecule has 2 amide bonds. The molecule has 0 atom stereocenters. The highest BCUT2D eigenvalue weighted by Gasteiger charge is 2.21. The summed E-state index contributed by atoms with van der Waals surface area (Å²) in [5.74, 6) is 2.36. The number of nitrogens with zero attached hydrogens (tertiary/aromatic N) is 5. The Morgan fingerprint density at radius 2 is 1.91 bits per heavy atom. The predicted molar refractivity (Wildman–Crippen MR) is 117 cm³/mol. The van der Waals surface area contributed by atoms with Gasteiger partial charge in [-0.05, 0) is 24.3 Å². The summed E-state index contributed by atoms with van der Waals surface area (Å²) >= 11 is 0. The van der Waals surface area contributed by atoms with Gasteiger partial charge in [0, 0.05) is 51.4 Å². The van der Waals surface area contributed by atoms with Gasteiger partial charge in [0.05, 0.1) is 18.6 Å². The number of carbonyl (C=O) groups excluding carboxylic acids is 2. The number of fused-ring (bicyclic) bond motifs is 1. The highest BCUT2D eigenvalue weighted by Crippen LogP contribution is 2.12. The van der Waals surface area contributed by atoms with Gasteiger partial charge in [0.1, 0.15) is 17.4 Å². The third kappa shape index (κ3) is 5.48. The van der Waals surface area contributed by atoms with E-state index in [1.54, 1.807) is 18.3 Å². The van der Waals surface area contributed by atoms with Crippen molar-refractivity contribution in [2.45, 2.75) is 25.8 Å². The number of amides is 2. The highest BCUT2D eigenvalue weighted by molar-refractivity contribution is 5.93. The minimum Gasteiger partial charge on any atom is -0.493 e. The van der Waals surface area contributed by atoms with Crippen LogP contribution < -0.4 is 10.1 Å². The van der Waals surface area contributed by atoms with Crippen LogP contribution in [0.5, 0.6) is 5.75 Å². The van der Waals surface area contributed by atoms with Gasteiger partial charge in [0.15, 0.2) is 0 Å². The number of nitrogens with one attached hydrogen (secondary N) is 1. The molecule has 3 heterocycles. The minimum atomic E-state index is -0.164. The second-order valence-electron chi connectivity index (χ2n) is 7.47. The molecule has 9 nitrogen and oxygen atoms in total. The van der Waals surface area contributed by atoms with Gasteiger partial charge in [-0.15, -0.1) is 10.2 Å². The molecule has 0 bridgehead atoms. The van der Waals surface area contributed by atoms with Gasteiger partial charge in [-0.1, -0.05) is 18.2 Å². The zero-order valence-corrected chi connectivity index (χ0v) is 17.8. The van der Waals surface area contributed by atoms with Gasteiger partial charge in [-0.25, -0.2) is 0 Å². The number of pyridine rings is 1. The van der Waals surface area contributed by atoms with E-state index in [4.69, 9.17) is 4.74 Å². The molecule has 0 radical (unpaired) electrons. The smallest absolute Gasteiger partial charge is 0.252 e. The third-order valence-electron chi connectivity index (χ3n) is 5.34. The molecular weight excluding hydrogens is 408 g/mol. The van der Waals surface area contributed by atoms with Crippen LogP contribution >= 0.6 is 0 Å². The van der Waals surface area contributed by atoms with Crippen LogP contribution in [0.15, 0.2) is 54.9 Å². The normalized spacial score (nSPS) is 13.2. The van der Waals surface area contributed by atoms with Crippen molar-refractivity contribution in [1.29, 1.82) is 0 Å². The zero-order valence-electron chi connectivity index (χ0n) is 17.8. The van der Waals surface area contributed by atoms with Gasteiger partial charge >= 0.3 is 0 Å². The topological polar surface area (TPSA) is 102 Å². The Bertz CT molecular complexity index is 1040. The van der Waals surface area contributed by atoms with Crippen LogP contribution in [0, 0.1) is 0 Å². The Labute approximate surface area is 186 Å². The van der Waals surface area contributed by atoms with Gasteiger partial charge < -0.3 is 19.5 Å². The van der Waals surface area contributed by atoms with E-state index < -0.39 is 0 Å². The summed E-state index contributed by atoms with van der Waals surface area (Å²) < 4.78 is 7.71. The van der Waals surface area contributed by atoms with Gasteiger partial charge in [0.25, 0.3) is 5.91 Å². The first-order valence-corrected chi connectivity index (χ1v) is 10.8. The predicted octanol–water partition coefficient (Wildman–Crippen LogP) is 1.50.